The van der Waals surface area contributed by atoms with Gasteiger partial charge in [0.05, 0.1) is 24.9 Å². The molecule has 3 aliphatic heterocycles. The molecule has 3 unspecified atom stereocenters. The Hall–Kier alpha value is -3.81. The zero-order valence-electron chi connectivity index (χ0n) is 28.0. The van der Waals surface area contributed by atoms with Gasteiger partial charge in [0.1, 0.15) is 5.75 Å². The van der Waals surface area contributed by atoms with Crippen LogP contribution >= 0.6 is 0 Å². The molecule has 3 fully saturated rings. The highest BCUT2D eigenvalue weighted by Crippen LogP contribution is 2.37. The average molecular weight is 704 g/mol. The van der Waals surface area contributed by atoms with Crippen molar-refractivity contribution in [1.29, 1.82) is 0 Å². The molecule has 0 spiro atoms. The predicted octanol–water partition coefficient (Wildman–Crippen LogP) is 6.71. The quantitative estimate of drug-likeness (QED) is 0.250. The second-order valence-corrected chi connectivity index (χ2v) is 13.5. The molecule has 270 valence electrons. The molecule has 0 saturated carbocycles. The minimum atomic E-state index is -5.03. The summed E-state index contributed by atoms with van der Waals surface area (Å²) >= 11 is 0. The summed E-state index contributed by atoms with van der Waals surface area (Å²) in [5, 5.41) is 3.49. The summed E-state index contributed by atoms with van der Waals surface area (Å²) < 4.78 is 87.0. The molecular formula is C37H43F6N5O2. The Morgan fingerprint density at radius 3 is 2.06 bits per heavy atom. The number of rotatable bonds is 9. The molecule has 3 heterocycles. The maximum Gasteiger partial charge on any atom is 0.416 e. The lowest BCUT2D eigenvalue weighted by molar-refractivity contribution is -0.143. The molecule has 3 saturated heterocycles. The molecule has 3 aromatic carbocycles. The highest BCUT2D eigenvalue weighted by Gasteiger charge is 2.40. The van der Waals surface area contributed by atoms with Gasteiger partial charge < -0.3 is 15.0 Å². The summed E-state index contributed by atoms with van der Waals surface area (Å²) in [6, 6.07) is 18.7. The fourth-order valence-electron chi connectivity index (χ4n) is 7.61. The minimum Gasteiger partial charge on any atom is -0.497 e. The number of piperidine rings is 1. The maximum atomic E-state index is 13.8. The van der Waals surface area contributed by atoms with Gasteiger partial charge >= 0.3 is 12.4 Å². The van der Waals surface area contributed by atoms with Crippen LogP contribution in [0.25, 0.3) is 0 Å². The van der Waals surface area contributed by atoms with Gasteiger partial charge in [-0.05, 0) is 61.6 Å². The number of alkyl halides is 6. The number of likely N-dealkylation sites (tertiary alicyclic amines) is 2. The van der Waals surface area contributed by atoms with Gasteiger partial charge in [0.2, 0.25) is 0 Å². The van der Waals surface area contributed by atoms with Crippen molar-refractivity contribution in [2.75, 3.05) is 64.9 Å². The first-order chi connectivity index (χ1) is 23.9. The van der Waals surface area contributed by atoms with Gasteiger partial charge in [-0.25, -0.2) is 0 Å². The highest BCUT2D eigenvalue weighted by molar-refractivity contribution is 5.95. The van der Waals surface area contributed by atoms with E-state index >= 15 is 0 Å². The largest absolute Gasteiger partial charge is 0.497 e. The fraction of sp³-hybridized carbons (Fsp3) is 0.486. The van der Waals surface area contributed by atoms with Crippen molar-refractivity contribution in [1.82, 2.24) is 19.6 Å². The van der Waals surface area contributed by atoms with Crippen LogP contribution in [0.1, 0.15) is 46.3 Å². The molecule has 0 aliphatic carbocycles. The maximum absolute atomic E-state index is 13.8. The number of nitrogens with one attached hydrogen (secondary N) is 1. The van der Waals surface area contributed by atoms with Gasteiger partial charge in [0.15, 0.2) is 0 Å². The molecule has 0 aromatic heterocycles. The molecule has 1 amide bonds. The van der Waals surface area contributed by atoms with Gasteiger partial charge in [0.25, 0.3) is 5.91 Å². The number of piperazine rings is 1. The highest BCUT2D eigenvalue weighted by atomic mass is 19.4. The Morgan fingerprint density at radius 1 is 0.780 bits per heavy atom. The summed E-state index contributed by atoms with van der Waals surface area (Å²) in [7, 11) is 1.65. The van der Waals surface area contributed by atoms with Crippen LogP contribution in [0.5, 0.6) is 5.75 Å². The lowest BCUT2D eigenvalue weighted by Gasteiger charge is -2.47. The molecule has 7 nitrogen and oxygen atoms in total. The van der Waals surface area contributed by atoms with E-state index < -0.39 is 35.0 Å². The summed E-state index contributed by atoms with van der Waals surface area (Å²) in [6.07, 6.45) is -7.34. The predicted molar refractivity (Wildman–Crippen MR) is 179 cm³/mol. The Morgan fingerprint density at radius 2 is 1.42 bits per heavy atom. The van der Waals surface area contributed by atoms with Crippen LogP contribution in [-0.4, -0.2) is 103 Å². The van der Waals surface area contributed by atoms with E-state index in [4.69, 9.17) is 4.74 Å². The van der Waals surface area contributed by atoms with Crippen molar-refractivity contribution in [2.24, 2.45) is 0 Å². The standard InChI is InChI=1S/C37H43F6N5O2/c1-50-34-9-5-8-30(22-34)44-25-45-12-10-32(24-45)47-16-14-46(15-17-47)31-11-13-48(33(23-31)18-26-6-3-2-4-7-26)35(49)27-19-28(36(38,39)40)21-29(20-27)37(41,42)43/h2-9,19-22,31-33,44H,10-18,23-25H2,1H3. The molecule has 0 bridgehead atoms. The number of hydrogen-bond donors (Lipinski definition) is 1. The number of methoxy groups -OCH3 is 1. The van der Waals surface area contributed by atoms with E-state index in [1.807, 2.05) is 54.6 Å². The number of carbonyl (C=O) groups excluding carboxylic acids is 1. The number of benzene rings is 3. The van der Waals surface area contributed by atoms with E-state index in [1.54, 1.807) is 7.11 Å². The van der Waals surface area contributed by atoms with Gasteiger partial charge in [-0.15, -0.1) is 0 Å². The number of carbonyl (C=O) groups is 1. The Balaban J connectivity index is 1.09. The van der Waals surface area contributed by atoms with E-state index in [0.717, 1.165) is 69.4 Å². The monoisotopic (exact) mass is 703 g/mol. The Bertz CT molecular complexity index is 1560. The van der Waals surface area contributed by atoms with Crippen molar-refractivity contribution in [3.63, 3.8) is 0 Å². The van der Waals surface area contributed by atoms with Crippen molar-refractivity contribution in [3.05, 3.63) is 95.1 Å². The number of ether oxygens (including phenoxy) is 1. The Labute approximate surface area is 288 Å². The van der Waals surface area contributed by atoms with Crippen LogP contribution in [0.15, 0.2) is 72.8 Å². The molecule has 13 heteroatoms. The SMILES string of the molecule is COc1cccc(NCN2CCC(N3CCN(C4CCN(C(=O)c5cc(C(F)(F)F)cc(C(F)(F)F)c5)C(Cc5ccccc5)C4)CC3)C2)c1. The number of anilines is 1. The third-order valence-corrected chi connectivity index (χ3v) is 10.3. The summed E-state index contributed by atoms with van der Waals surface area (Å²) in [5.74, 6) is 0.00329. The zero-order chi connectivity index (χ0) is 35.5. The van der Waals surface area contributed by atoms with E-state index in [9.17, 15) is 31.1 Å². The molecule has 3 atom stereocenters. The minimum absolute atomic E-state index is 0.0620. The lowest BCUT2D eigenvalue weighted by Crippen LogP contribution is -2.58. The van der Waals surface area contributed by atoms with Crippen LogP contribution in [0.2, 0.25) is 0 Å². The van der Waals surface area contributed by atoms with Crippen LogP contribution in [0.3, 0.4) is 0 Å². The smallest absolute Gasteiger partial charge is 0.416 e. The van der Waals surface area contributed by atoms with Crippen LogP contribution in [0.4, 0.5) is 32.0 Å². The Kier molecular flexibility index (Phi) is 10.9. The average Bonchev–Trinajstić information content (AvgIpc) is 3.59. The van der Waals surface area contributed by atoms with E-state index in [1.165, 1.54) is 4.90 Å². The number of amides is 1. The first-order valence-corrected chi connectivity index (χ1v) is 17.1. The molecule has 1 N–H and O–H groups in total. The van der Waals surface area contributed by atoms with Gasteiger partial charge in [-0.2, -0.15) is 26.3 Å². The molecular weight excluding hydrogens is 660 g/mol. The first-order valence-electron chi connectivity index (χ1n) is 17.1. The third-order valence-electron chi connectivity index (χ3n) is 10.3. The summed E-state index contributed by atoms with van der Waals surface area (Å²) in [6.45, 7) is 6.52. The molecule has 3 aromatic rings. The number of nitrogens with zero attached hydrogens (tertiary/aromatic N) is 4. The summed E-state index contributed by atoms with van der Waals surface area (Å²) in [4.78, 5) is 22.7. The zero-order valence-corrected chi connectivity index (χ0v) is 28.0. The van der Waals surface area contributed by atoms with Crippen molar-refractivity contribution >= 4 is 11.6 Å². The molecule has 0 radical (unpaired) electrons. The first kappa shape index (κ1) is 36.0. The number of halogens is 6. The van der Waals surface area contributed by atoms with Crippen LogP contribution in [-0.2, 0) is 18.8 Å². The molecule has 6 rings (SSSR count). The fourth-order valence-corrected chi connectivity index (χ4v) is 7.61. The van der Waals surface area contributed by atoms with E-state index in [2.05, 4.69) is 20.0 Å². The molecule has 50 heavy (non-hydrogen) atoms. The van der Waals surface area contributed by atoms with Gasteiger partial charge in [-0.3, -0.25) is 19.5 Å². The van der Waals surface area contributed by atoms with Crippen molar-refractivity contribution in [3.8, 4) is 5.75 Å². The van der Waals surface area contributed by atoms with Crippen molar-refractivity contribution < 1.29 is 35.9 Å². The van der Waals surface area contributed by atoms with Crippen molar-refractivity contribution in [2.45, 2.75) is 56.2 Å². The third kappa shape index (κ3) is 8.73. The van der Waals surface area contributed by atoms with E-state index in [-0.39, 0.29) is 24.7 Å². The molecule has 3 aliphatic rings. The second kappa shape index (κ2) is 15.2. The number of hydrogen-bond acceptors (Lipinski definition) is 6. The van der Waals surface area contributed by atoms with Crippen LogP contribution in [0, 0.1) is 0 Å². The topological polar surface area (TPSA) is 51.3 Å². The van der Waals surface area contributed by atoms with Gasteiger partial charge in [0, 0.05) is 81.3 Å². The summed E-state index contributed by atoms with van der Waals surface area (Å²) in [5.41, 5.74) is -1.60. The van der Waals surface area contributed by atoms with Crippen LogP contribution < -0.4 is 10.1 Å². The van der Waals surface area contributed by atoms with Gasteiger partial charge in [-0.1, -0.05) is 36.4 Å². The van der Waals surface area contributed by atoms with E-state index in [0.29, 0.717) is 37.4 Å². The second-order valence-electron chi connectivity index (χ2n) is 13.5. The normalized spacial score (nSPS) is 22.9. The lowest BCUT2D eigenvalue weighted by atomic mass is 9.90.